The Bertz CT molecular complexity index is 1090. The summed E-state index contributed by atoms with van der Waals surface area (Å²) in [7, 11) is -2.90. The number of imidazole rings is 1. The van der Waals surface area contributed by atoms with Gasteiger partial charge in [-0.15, -0.1) is 0 Å². The van der Waals surface area contributed by atoms with Crippen molar-refractivity contribution in [2.45, 2.75) is 50.8 Å². The summed E-state index contributed by atoms with van der Waals surface area (Å²) in [6, 6.07) is 2.34. The summed E-state index contributed by atoms with van der Waals surface area (Å²) < 4.78 is 27.2. The van der Waals surface area contributed by atoms with Gasteiger partial charge in [0, 0.05) is 17.6 Å². The average Bonchev–Trinajstić information content (AvgIpc) is 3.12. The van der Waals surface area contributed by atoms with E-state index in [1.807, 2.05) is 19.3 Å². The standard InChI is InChI=1S/C19H24N4O2S/c1-11-7-13(10-26(24,25)14-3-4-14)8-17(11)23-12(2)22-16-9-21-19-15(18(16)23)5-6-20-19/h5-6,9,11,13-14,17H,3-4,7-8,10H2,1-2H3,(H,20,21)/t11-,13?,17+/m1/s1. The first-order valence-electron chi connectivity index (χ1n) is 9.46. The van der Waals surface area contributed by atoms with Crippen LogP contribution in [0.15, 0.2) is 18.5 Å². The SMILES string of the molecule is Cc1nc2cnc3[nH]ccc3c2n1[C@H]1CC(CS(=O)(=O)C2CC2)C[C@H]1C. The van der Waals surface area contributed by atoms with Crippen molar-refractivity contribution in [2.24, 2.45) is 11.8 Å². The first kappa shape index (κ1) is 16.3. The lowest BCUT2D eigenvalue weighted by atomic mass is 10.1. The van der Waals surface area contributed by atoms with Gasteiger partial charge in [0.1, 0.15) is 17.0 Å². The van der Waals surface area contributed by atoms with Gasteiger partial charge in [0.2, 0.25) is 0 Å². The lowest BCUT2D eigenvalue weighted by Gasteiger charge is -2.20. The Morgan fingerprint density at radius 2 is 2.12 bits per heavy atom. The van der Waals surface area contributed by atoms with E-state index in [4.69, 9.17) is 4.98 Å². The van der Waals surface area contributed by atoms with E-state index in [1.165, 1.54) is 0 Å². The number of fused-ring (bicyclic) bond motifs is 3. The summed E-state index contributed by atoms with van der Waals surface area (Å²) in [5.74, 6) is 2.03. The van der Waals surface area contributed by atoms with Gasteiger partial charge >= 0.3 is 0 Å². The molecule has 1 N–H and O–H groups in total. The molecule has 0 radical (unpaired) electrons. The molecule has 0 amide bonds. The first-order valence-corrected chi connectivity index (χ1v) is 11.2. The minimum atomic E-state index is -2.90. The number of hydrogen-bond donors (Lipinski definition) is 1. The van der Waals surface area contributed by atoms with Crippen LogP contribution in [0, 0.1) is 18.8 Å². The smallest absolute Gasteiger partial charge is 0.153 e. The maximum Gasteiger partial charge on any atom is 0.153 e. The van der Waals surface area contributed by atoms with Crippen LogP contribution in [0.2, 0.25) is 0 Å². The third kappa shape index (κ3) is 2.47. The molecule has 0 aromatic carbocycles. The van der Waals surface area contributed by atoms with E-state index >= 15 is 0 Å². The summed E-state index contributed by atoms with van der Waals surface area (Å²) in [5.41, 5.74) is 2.91. The molecule has 1 unspecified atom stereocenters. The molecule has 3 aromatic heterocycles. The van der Waals surface area contributed by atoms with E-state index in [1.54, 1.807) is 0 Å². The summed E-state index contributed by atoms with van der Waals surface area (Å²) >= 11 is 0. The van der Waals surface area contributed by atoms with Gasteiger partial charge in [0.05, 0.1) is 22.7 Å². The number of nitrogens with zero attached hydrogens (tertiary/aromatic N) is 3. The Morgan fingerprint density at radius 3 is 2.88 bits per heavy atom. The fourth-order valence-electron chi connectivity index (χ4n) is 4.85. The quantitative estimate of drug-likeness (QED) is 0.761. The molecule has 2 fully saturated rings. The van der Waals surface area contributed by atoms with Crippen LogP contribution in [-0.2, 0) is 9.84 Å². The van der Waals surface area contributed by atoms with E-state index in [9.17, 15) is 8.42 Å². The molecule has 3 heterocycles. The molecule has 0 bridgehead atoms. The monoisotopic (exact) mass is 372 g/mol. The Hall–Kier alpha value is -1.89. The highest BCUT2D eigenvalue weighted by Gasteiger charge is 2.41. The zero-order valence-electron chi connectivity index (χ0n) is 15.1. The lowest BCUT2D eigenvalue weighted by Crippen LogP contribution is -2.18. The Kier molecular flexibility index (Phi) is 3.48. The van der Waals surface area contributed by atoms with E-state index in [0.717, 1.165) is 53.6 Å². The summed E-state index contributed by atoms with van der Waals surface area (Å²) in [5, 5.41) is 1.03. The van der Waals surface area contributed by atoms with Crippen molar-refractivity contribution in [1.82, 2.24) is 19.5 Å². The number of rotatable bonds is 4. The number of nitrogens with one attached hydrogen (secondary N) is 1. The van der Waals surface area contributed by atoms with Crippen molar-refractivity contribution in [3.8, 4) is 0 Å². The van der Waals surface area contributed by atoms with Crippen molar-refractivity contribution in [2.75, 3.05) is 5.75 Å². The second-order valence-electron chi connectivity index (χ2n) is 8.17. The normalized spacial score (nSPS) is 26.9. The van der Waals surface area contributed by atoms with Crippen LogP contribution >= 0.6 is 0 Å². The van der Waals surface area contributed by atoms with Crippen molar-refractivity contribution in [1.29, 1.82) is 0 Å². The van der Waals surface area contributed by atoms with Gasteiger partial charge < -0.3 is 9.55 Å². The van der Waals surface area contributed by atoms with Gasteiger partial charge in [-0.3, -0.25) is 0 Å². The van der Waals surface area contributed by atoms with E-state index < -0.39 is 9.84 Å². The van der Waals surface area contributed by atoms with Crippen LogP contribution in [0.1, 0.15) is 44.5 Å². The predicted molar refractivity (Wildman–Crippen MR) is 102 cm³/mol. The molecular weight excluding hydrogens is 348 g/mol. The molecule has 3 atom stereocenters. The van der Waals surface area contributed by atoms with Crippen molar-refractivity contribution in [3.05, 3.63) is 24.3 Å². The molecule has 0 aliphatic heterocycles. The van der Waals surface area contributed by atoms with Crippen LogP contribution in [0.5, 0.6) is 0 Å². The first-order chi connectivity index (χ1) is 12.4. The fraction of sp³-hybridized carbons (Fsp3) is 0.579. The Morgan fingerprint density at radius 1 is 1.31 bits per heavy atom. The molecule has 0 saturated heterocycles. The predicted octanol–water partition coefficient (Wildman–Crippen LogP) is 3.39. The van der Waals surface area contributed by atoms with Crippen molar-refractivity contribution >= 4 is 31.9 Å². The van der Waals surface area contributed by atoms with Crippen LogP contribution in [0.4, 0.5) is 0 Å². The molecule has 138 valence electrons. The molecule has 6 nitrogen and oxygen atoms in total. The average molecular weight is 372 g/mol. The minimum Gasteiger partial charge on any atom is -0.346 e. The zero-order chi connectivity index (χ0) is 18.1. The van der Waals surface area contributed by atoms with Crippen LogP contribution in [-0.4, -0.2) is 38.9 Å². The van der Waals surface area contributed by atoms with Crippen LogP contribution < -0.4 is 0 Å². The van der Waals surface area contributed by atoms with Gasteiger partial charge in [0.15, 0.2) is 9.84 Å². The number of H-pyrrole nitrogens is 1. The maximum atomic E-state index is 12.4. The number of aromatic nitrogens is 4. The Labute approximate surface area is 152 Å². The summed E-state index contributed by atoms with van der Waals surface area (Å²) in [6.45, 7) is 4.29. The van der Waals surface area contributed by atoms with E-state index in [2.05, 4.69) is 27.5 Å². The molecule has 7 heteroatoms. The van der Waals surface area contributed by atoms with Gasteiger partial charge in [-0.1, -0.05) is 6.92 Å². The molecule has 26 heavy (non-hydrogen) atoms. The lowest BCUT2D eigenvalue weighted by molar-refractivity contribution is 0.410. The number of aromatic amines is 1. The molecule has 2 aliphatic rings. The van der Waals surface area contributed by atoms with E-state index in [0.29, 0.717) is 17.7 Å². The van der Waals surface area contributed by atoms with Crippen molar-refractivity contribution in [3.63, 3.8) is 0 Å². The largest absolute Gasteiger partial charge is 0.346 e. The number of hydrogen-bond acceptors (Lipinski definition) is 4. The third-order valence-electron chi connectivity index (χ3n) is 6.18. The topological polar surface area (TPSA) is 80.6 Å². The molecule has 2 aliphatic carbocycles. The third-order valence-corrected chi connectivity index (χ3v) is 8.60. The second-order valence-corrected chi connectivity index (χ2v) is 10.5. The summed E-state index contributed by atoms with van der Waals surface area (Å²) in [4.78, 5) is 12.4. The highest BCUT2D eigenvalue weighted by Crippen LogP contribution is 2.44. The molecule has 3 aromatic rings. The Balaban J connectivity index is 1.53. The fourth-order valence-corrected chi connectivity index (χ4v) is 6.91. The number of pyridine rings is 1. The van der Waals surface area contributed by atoms with Crippen molar-refractivity contribution < 1.29 is 8.42 Å². The molecule has 0 spiro atoms. The van der Waals surface area contributed by atoms with Crippen LogP contribution in [0.25, 0.3) is 22.1 Å². The van der Waals surface area contributed by atoms with E-state index in [-0.39, 0.29) is 11.2 Å². The highest BCUT2D eigenvalue weighted by atomic mass is 32.2. The number of sulfone groups is 1. The van der Waals surface area contributed by atoms with Gasteiger partial charge in [-0.25, -0.2) is 18.4 Å². The van der Waals surface area contributed by atoms with Gasteiger partial charge in [-0.2, -0.15) is 0 Å². The molecule has 5 rings (SSSR count). The maximum absolute atomic E-state index is 12.4. The highest BCUT2D eigenvalue weighted by molar-refractivity contribution is 7.92. The number of aryl methyl sites for hydroxylation is 1. The minimum absolute atomic E-state index is 0.0572. The van der Waals surface area contributed by atoms with Gasteiger partial charge in [0.25, 0.3) is 0 Å². The zero-order valence-corrected chi connectivity index (χ0v) is 16.0. The molecular formula is C19H24N4O2S. The van der Waals surface area contributed by atoms with Gasteiger partial charge in [-0.05, 0) is 50.5 Å². The molecule has 2 saturated carbocycles. The van der Waals surface area contributed by atoms with Crippen LogP contribution in [0.3, 0.4) is 0 Å². The summed E-state index contributed by atoms with van der Waals surface area (Å²) in [6.07, 6.45) is 7.33. The second kappa shape index (κ2) is 5.55.